The van der Waals surface area contributed by atoms with Crippen LogP contribution in [0.15, 0.2) is 63.7 Å². The van der Waals surface area contributed by atoms with Gasteiger partial charge in [-0.3, -0.25) is 0 Å². The van der Waals surface area contributed by atoms with Gasteiger partial charge in [-0.2, -0.15) is 0 Å². The van der Waals surface area contributed by atoms with Crippen molar-refractivity contribution in [1.29, 1.82) is 0 Å². The van der Waals surface area contributed by atoms with Crippen LogP contribution in [0.25, 0.3) is 6.08 Å². The predicted octanol–water partition coefficient (Wildman–Crippen LogP) is 5.50. The molecule has 2 aromatic rings. The highest BCUT2D eigenvalue weighted by atomic mass is 127. The Morgan fingerprint density at radius 1 is 1.31 bits per heavy atom. The highest BCUT2D eigenvalue weighted by molar-refractivity contribution is 14.1. The van der Waals surface area contributed by atoms with Crippen molar-refractivity contribution < 1.29 is 24.1 Å². The summed E-state index contributed by atoms with van der Waals surface area (Å²) in [6.07, 6.45) is 7.04. The normalized spacial score (nSPS) is 15.7. The zero-order valence-electron chi connectivity index (χ0n) is 17.4. The van der Waals surface area contributed by atoms with Gasteiger partial charge in [0.1, 0.15) is 23.0 Å². The number of terminal acetylenes is 1. The van der Waals surface area contributed by atoms with Gasteiger partial charge in [0.2, 0.25) is 0 Å². The topological polar surface area (TPSA) is 77.4 Å². The van der Waals surface area contributed by atoms with E-state index in [0.29, 0.717) is 27.1 Å². The molecule has 0 bridgehead atoms. The number of aliphatic imine (C=N–C) groups is 1. The Morgan fingerprint density at radius 2 is 2.06 bits per heavy atom. The molecule has 32 heavy (non-hydrogen) atoms. The van der Waals surface area contributed by atoms with Gasteiger partial charge >= 0.3 is 5.97 Å². The number of para-hydroxylation sites is 1. The second-order valence-corrected chi connectivity index (χ2v) is 8.53. The SMILES string of the molecule is C#CCOc1c(I)cc(/C=C2\SC(=Nc3ccccc3)C(C(=O)OCC)=C2O)cc1OC. The summed E-state index contributed by atoms with van der Waals surface area (Å²) in [5, 5.41) is 11.2. The number of nitrogens with zero attached hydrogens (tertiary/aromatic N) is 1. The van der Waals surface area contributed by atoms with E-state index < -0.39 is 5.97 Å². The average molecular weight is 561 g/mol. The Balaban J connectivity index is 2.04. The summed E-state index contributed by atoms with van der Waals surface area (Å²) in [6, 6.07) is 12.8. The van der Waals surface area contributed by atoms with Gasteiger partial charge in [-0.05, 0) is 65.4 Å². The van der Waals surface area contributed by atoms with Crippen molar-refractivity contribution in [3.8, 4) is 23.8 Å². The van der Waals surface area contributed by atoms with Crippen molar-refractivity contribution in [3.05, 3.63) is 67.8 Å². The van der Waals surface area contributed by atoms with E-state index in [-0.39, 0.29) is 24.5 Å². The molecule has 1 aliphatic rings. The Labute approximate surface area is 204 Å². The van der Waals surface area contributed by atoms with Crippen LogP contribution in [0.5, 0.6) is 11.5 Å². The number of aliphatic hydroxyl groups is 1. The smallest absolute Gasteiger partial charge is 0.344 e. The Kier molecular flexibility index (Phi) is 8.25. The van der Waals surface area contributed by atoms with Crippen LogP contribution in [0.3, 0.4) is 0 Å². The highest BCUT2D eigenvalue weighted by Crippen LogP contribution is 2.41. The molecule has 2 aromatic carbocycles. The molecule has 0 spiro atoms. The van der Waals surface area contributed by atoms with Crippen LogP contribution in [0.2, 0.25) is 0 Å². The summed E-state index contributed by atoms with van der Waals surface area (Å²) in [5.74, 6) is 2.69. The molecule has 0 saturated heterocycles. The standard InChI is InChI=1S/C24H20INO5S/c1-4-11-31-22-17(25)12-15(13-18(22)29-3)14-19-21(27)20(24(28)30-5-2)23(32-19)26-16-9-7-6-8-10-16/h1,6-10,12-14,27H,5,11H2,2-3H3/b19-14-,26-23?. The molecule has 0 aliphatic carbocycles. The molecule has 0 fully saturated rings. The molecule has 1 aliphatic heterocycles. The molecule has 0 unspecified atom stereocenters. The van der Waals surface area contributed by atoms with Gasteiger partial charge in [0.05, 0.1) is 27.9 Å². The minimum Gasteiger partial charge on any atom is -0.506 e. The summed E-state index contributed by atoms with van der Waals surface area (Å²) < 4.78 is 16.9. The second kappa shape index (κ2) is 11.1. The van der Waals surface area contributed by atoms with Crippen LogP contribution < -0.4 is 9.47 Å². The minimum atomic E-state index is -0.624. The Morgan fingerprint density at radius 3 is 2.72 bits per heavy atom. The number of methoxy groups -OCH3 is 1. The van der Waals surface area contributed by atoms with E-state index in [9.17, 15) is 9.90 Å². The van der Waals surface area contributed by atoms with Gasteiger partial charge in [-0.25, -0.2) is 9.79 Å². The van der Waals surface area contributed by atoms with Crippen LogP contribution in [-0.2, 0) is 9.53 Å². The number of halogens is 1. The maximum absolute atomic E-state index is 12.5. The van der Waals surface area contributed by atoms with Crippen LogP contribution in [0.4, 0.5) is 5.69 Å². The lowest BCUT2D eigenvalue weighted by Gasteiger charge is -2.12. The van der Waals surface area contributed by atoms with Crippen LogP contribution in [-0.4, -0.2) is 36.4 Å². The molecule has 164 valence electrons. The van der Waals surface area contributed by atoms with Gasteiger partial charge in [0.15, 0.2) is 11.5 Å². The summed E-state index contributed by atoms with van der Waals surface area (Å²) >= 11 is 3.32. The van der Waals surface area contributed by atoms with Crippen molar-refractivity contribution in [3.63, 3.8) is 0 Å². The lowest BCUT2D eigenvalue weighted by Crippen LogP contribution is -2.12. The van der Waals surface area contributed by atoms with E-state index in [1.165, 1.54) is 18.9 Å². The number of carbonyl (C=O) groups is 1. The van der Waals surface area contributed by atoms with Crippen LogP contribution in [0.1, 0.15) is 12.5 Å². The summed E-state index contributed by atoms with van der Waals surface area (Å²) in [4.78, 5) is 17.5. The van der Waals surface area contributed by atoms with Crippen molar-refractivity contribution in [2.75, 3.05) is 20.3 Å². The van der Waals surface area contributed by atoms with Gasteiger partial charge in [-0.15, -0.1) is 6.42 Å². The van der Waals surface area contributed by atoms with E-state index >= 15 is 0 Å². The molecule has 3 rings (SSSR count). The average Bonchev–Trinajstić information content (AvgIpc) is 3.08. The van der Waals surface area contributed by atoms with Gasteiger partial charge in [-0.1, -0.05) is 35.9 Å². The Hall–Kier alpha value is -2.90. The van der Waals surface area contributed by atoms with Gasteiger partial charge in [0, 0.05) is 0 Å². The van der Waals surface area contributed by atoms with Crippen molar-refractivity contribution in [2.24, 2.45) is 4.99 Å². The van der Waals surface area contributed by atoms with Crippen molar-refractivity contribution in [1.82, 2.24) is 0 Å². The fraction of sp³-hybridized carbons (Fsp3) is 0.167. The molecule has 6 nitrogen and oxygen atoms in total. The molecule has 0 radical (unpaired) electrons. The molecule has 0 amide bonds. The number of rotatable bonds is 7. The van der Waals surface area contributed by atoms with E-state index in [1.807, 2.05) is 36.4 Å². The predicted molar refractivity (Wildman–Crippen MR) is 135 cm³/mol. The Bertz CT molecular complexity index is 1150. The fourth-order valence-electron chi connectivity index (χ4n) is 2.84. The first-order chi connectivity index (χ1) is 15.5. The number of esters is 1. The second-order valence-electron chi connectivity index (χ2n) is 6.33. The van der Waals surface area contributed by atoms with Crippen molar-refractivity contribution >= 4 is 57.1 Å². The molecule has 8 heteroatoms. The van der Waals surface area contributed by atoms with Crippen molar-refractivity contribution in [2.45, 2.75) is 6.92 Å². The molecular weight excluding hydrogens is 541 g/mol. The van der Waals surface area contributed by atoms with Crippen LogP contribution >= 0.6 is 34.4 Å². The number of hydrogen-bond donors (Lipinski definition) is 1. The quantitative estimate of drug-likeness (QED) is 0.273. The van der Waals surface area contributed by atoms with Crippen LogP contribution in [0, 0.1) is 15.9 Å². The summed E-state index contributed by atoms with van der Waals surface area (Å²) in [5.41, 5.74) is 1.46. The van der Waals surface area contributed by atoms with E-state index in [1.54, 1.807) is 19.1 Å². The van der Waals surface area contributed by atoms with E-state index in [4.69, 9.17) is 20.6 Å². The number of benzene rings is 2. The molecule has 0 atom stereocenters. The summed E-state index contributed by atoms with van der Waals surface area (Å²) in [6.45, 7) is 2.02. The number of thioether (sulfide) groups is 1. The third kappa shape index (κ3) is 5.47. The molecule has 1 heterocycles. The zero-order valence-corrected chi connectivity index (χ0v) is 20.4. The minimum absolute atomic E-state index is 0.0441. The maximum Gasteiger partial charge on any atom is 0.344 e. The first-order valence-electron chi connectivity index (χ1n) is 9.56. The number of aliphatic hydroxyl groups excluding tert-OH is 1. The highest BCUT2D eigenvalue weighted by Gasteiger charge is 2.33. The monoisotopic (exact) mass is 561 g/mol. The molecular formula is C24H20INO5S. The van der Waals surface area contributed by atoms with E-state index in [2.05, 4.69) is 33.5 Å². The number of hydrogen-bond acceptors (Lipinski definition) is 7. The van der Waals surface area contributed by atoms with Gasteiger partial charge < -0.3 is 19.3 Å². The largest absolute Gasteiger partial charge is 0.506 e. The van der Waals surface area contributed by atoms with Gasteiger partial charge in [0.25, 0.3) is 0 Å². The molecule has 1 N–H and O–H groups in total. The third-order valence-corrected chi connectivity index (χ3v) is 6.03. The summed E-state index contributed by atoms with van der Waals surface area (Å²) in [7, 11) is 1.54. The van der Waals surface area contributed by atoms with E-state index in [0.717, 1.165) is 9.13 Å². The molecule has 0 aromatic heterocycles. The lowest BCUT2D eigenvalue weighted by atomic mass is 10.1. The first-order valence-corrected chi connectivity index (χ1v) is 11.5. The lowest BCUT2D eigenvalue weighted by molar-refractivity contribution is -0.138. The number of carbonyl (C=O) groups excluding carboxylic acids is 1. The third-order valence-electron chi connectivity index (χ3n) is 4.21. The molecule has 0 saturated carbocycles. The zero-order chi connectivity index (χ0) is 23.1. The number of ether oxygens (including phenoxy) is 3. The first kappa shape index (κ1) is 23.8. The fourth-order valence-corrected chi connectivity index (χ4v) is 4.66. The maximum atomic E-state index is 12.5.